The molecule has 0 amide bonds. The van der Waals surface area contributed by atoms with Crippen molar-refractivity contribution in [3.8, 4) is 17.1 Å². The molecule has 0 aliphatic heterocycles. The number of nitrogens with zero attached hydrogens (tertiary/aromatic N) is 4. The summed E-state index contributed by atoms with van der Waals surface area (Å²) in [5.74, 6) is 1.36. The molecule has 0 bridgehead atoms. The minimum absolute atomic E-state index is 0.648. The second-order valence-corrected chi connectivity index (χ2v) is 3.87. The van der Waals surface area contributed by atoms with Gasteiger partial charge in [-0.3, -0.25) is 4.68 Å². The van der Waals surface area contributed by atoms with Gasteiger partial charge in [0.1, 0.15) is 12.0 Å². The molecule has 0 fully saturated rings. The van der Waals surface area contributed by atoms with Crippen LogP contribution >= 0.6 is 0 Å². The highest BCUT2D eigenvalue weighted by molar-refractivity contribution is 5.70. The number of rotatable bonds is 5. The summed E-state index contributed by atoms with van der Waals surface area (Å²) in [4.78, 5) is 8.49. The smallest absolute Gasteiger partial charge is 0.189 e. The quantitative estimate of drug-likeness (QED) is 0.871. The van der Waals surface area contributed by atoms with Gasteiger partial charge in [-0.25, -0.2) is 9.97 Å². The van der Waals surface area contributed by atoms with E-state index < -0.39 is 0 Å². The molecule has 0 spiro atoms. The average molecular weight is 247 g/mol. The fourth-order valence-corrected chi connectivity index (χ4v) is 1.73. The Morgan fingerprint density at radius 1 is 1.39 bits per heavy atom. The number of methoxy groups -OCH3 is 1. The van der Waals surface area contributed by atoms with E-state index in [9.17, 15) is 0 Å². The standard InChI is InChI=1S/C12H17N5O/c1-4-6-13-12-11(18-3)10(14-8-15-12)9-5-7-16-17(9)2/h5,7-8H,4,6H2,1-3H3,(H,13,14,15). The Kier molecular flexibility index (Phi) is 3.76. The first kappa shape index (κ1) is 12.3. The summed E-state index contributed by atoms with van der Waals surface area (Å²) < 4.78 is 7.18. The maximum Gasteiger partial charge on any atom is 0.189 e. The molecule has 96 valence electrons. The first-order valence-electron chi connectivity index (χ1n) is 5.89. The molecule has 0 radical (unpaired) electrons. The monoisotopic (exact) mass is 247 g/mol. The first-order chi connectivity index (χ1) is 8.77. The van der Waals surface area contributed by atoms with Crippen LogP contribution in [0.4, 0.5) is 5.82 Å². The van der Waals surface area contributed by atoms with E-state index in [1.807, 2.05) is 13.1 Å². The predicted octanol–water partition coefficient (Wildman–Crippen LogP) is 1.71. The van der Waals surface area contributed by atoms with E-state index in [0.29, 0.717) is 11.6 Å². The third-order valence-electron chi connectivity index (χ3n) is 2.61. The maximum absolute atomic E-state index is 5.42. The molecular formula is C12H17N5O. The zero-order valence-electron chi connectivity index (χ0n) is 10.8. The van der Waals surface area contributed by atoms with Crippen LogP contribution in [-0.2, 0) is 7.05 Å². The second kappa shape index (κ2) is 5.48. The number of aryl methyl sites for hydroxylation is 1. The van der Waals surface area contributed by atoms with Crippen molar-refractivity contribution in [1.82, 2.24) is 19.7 Å². The molecule has 1 N–H and O–H groups in total. The van der Waals surface area contributed by atoms with Crippen LogP contribution in [0.1, 0.15) is 13.3 Å². The lowest BCUT2D eigenvalue weighted by Gasteiger charge is -2.12. The van der Waals surface area contributed by atoms with Crippen molar-refractivity contribution < 1.29 is 4.74 Å². The number of aromatic nitrogens is 4. The maximum atomic E-state index is 5.42. The number of anilines is 1. The van der Waals surface area contributed by atoms with Gasteiger partial charge in [-0.05, 0) is 12.5 Å². The van der Waals surface area contributed by atoms with Crippen molar-refractivity contribution in [2.45, 2.75) is 13.3 Å². The second-order valence-electron chi connectivity index (χ2n) is 3.87. The van der Waals surface area contributed by atoms with Gasteiger partial charge in [0.05, 0.1) is 12.8 Å². The summed E-state index contributed by atoms with van der Waals surface area (Å²) in [6.07, 6.45) is 4.28. The zero-order valence-corrected chi connectivity index (χ0v) is 10.8. The minimum Gasteiger partial charge on any atom is -0.491 e. The molecule has 2 aromatic rings. The molecule has 0 saturated carbocycles. The van der Waals surface area contributed by atoms with Crippen LogP contribution in [0.25, 0.3) is 11.4 Å². The van der Waals surface area contributed by atoms with E-state index in [1.165, 1.54) is 6.33 Å². The van der Waals surface area contributed by atoms with Gasteiger partial charge in [-0.15, -0.1) is 0 Å². The molecule has 0 atom stereocenters. The Hall–Kier alpha value is -2.11. The van der Waals surface area contributed by atoms with E-state index in [0.717, 1.165) is 24.4 Å². The molecule has 0 saturated heterocycles. The SMILES string of the molecule is CCCNc1ncnc(-c2ccnn2C)c1OC. The van der Waals surface area contributed by atoms with Crippen molar-refractivity contribution in [2.75, 3.05) is 19.0 Å². The zero-order chi connectivity index (χ0) is 13.0. The third kappa shape index (κ3) is 2.27. The molecule has 0 aliphatic carbocycles. The van der Waals surface area contributed by atoms with Crippen LogP contribution in [-0.4, -0.2) is 33.4 Å². The van der Waals surface area contributed by atoms with Crippen LogP contribution in [0.15, 0.2) is 18.6 Å². The fraction of sp³-hybridized carbons (Fsp3) is 0.417. The van der Waals surface area contributed by atoms with Crippen molar-refractivity contribution in [1.29, 1.82) is 0 Å². The average Bonchev–Trinajstić information content (AvgIpc) is 2.81. The lowest BCUT2D eigenvalue weighted by molar-refractivity contribution is 0.414. The number of hydrogen-bond acceptors (Lipinski definition) is 5. The summed E-state index contributed by atoms with van der Waals surface area (Å²) in [7, 11) is 3.49. The van der Waals surface area contributed by atoms with Crippen molar-refractivity contribution in [3.63, 3.8) is 0 Å². The Balaban J connectivity index is 2.45. The topological polar surface area (TPSA) is 64.9 Å². The minimum atomic E-state index is 0.648. The van der Waals surface area contributed by atoms with E-state index in [2.05, 4.69) is 27.3 Å². The highest BCUT2D eigenvalue weighted by atomic mass is 16.5. The molecule has 0 aromatic carbocycles. The van der Waals surface area contributed by atoms with Crippen LogP contribution in [0.2, 0.25) is 0 Å². The fourth-order valence-electron chi connectivity index (χ4n) is 1.73. The van der Waals surface area contributed by atoms with Gasteiger partial charge >= 0.3 is 0 Å². The highest BCUT2D eigenvalue weighted by Gasteiger charge is 2.15. The van der Waals surface area contributed by atoms with Crippen LogP contribution in [0, 0.1) is 0 Å². The summed E-state index contributed by atoms with van der Waals surface area (Å²) in [5.41, 5.74) is 1.64. The van der Waals surface area contributed by atoms with Crippen molar-refractivity contribution >= 4 is 5.82 Å². The Morgan fingerprint density at radius 3 is 2.83 bits per heavy atom. The molecular weight excluding hydrogens is 230 g/mol. The van der Waals surface area contributed by atoms with Crippen LogP contribution in [0.5, 0.6) is 5.75 Å². The highest BCUT2D eigenvalue weighted by Crippen LogP contribution is 2.32. The van der Waals surface area contributed by atoms with Gasteiger partial charge in [0.25, 0.3) is 0 Å². The molecule has 2 rings (SSSR count). The molecule has 2 aromatic heterocycles. The Morgan fingerprint density at radius 2 is 2.22 bits per heavy atom. The molecule has 18 heavy (non-hydrogen) atoms. The largest absolute Gasteiger partial charge is 0.491 e. The van der Waals surface area contributed by atoms with Gasteiger partial charge < -0.3 is 10.1 Å². The molecule has 0 aliphatic rings. The summed E-state index contributed by atoms with van der Waals surface area (Å²) in [6.45, 7) is 2.95. The van der Waals surface area contributed by atoms with Gasteiger partial charge in [-0.2, -0.15) is 5.10 Å². The Labute approximate surface area is 106 Å². The number of hydrogen-bond donors (Lipinski definition) is 1. The van der Waals surface area contributed by atoms with E-state index in [4.69, 9.17) is 4.74 Å². The van der Waals surface area contributed by atoms with Gasteiger partial charge in [-0.1, -0.05) is 6.92 Å². The third-order valence-corrected chi connectivity index (χ3v) is 2.61. The van der Waals surface area contributed by atoms with Crippen LogP contribution in [0.3, 0.4) is 0 Å². The molecule has 0 unspecified atom stereocenters. The summed E-state index contributed by atoms with van der Waals surface area (Å²) >= 11 is 0. The number of nitrogens with one attached hydrogen (secondary N) is 1. The van der Waals surface area contributed by atoms with Crippen molar-refractivity contribution in [3.05, 3.63) is 18.6 Å². The molecule has 6 nitrogen and oxygen atoms in total. The van der Waals surface area contributed by atoms with Crippen molar-refractivity contribution in [2.24, 2.45) is 7.05 Å². The molecule has 6 heteroatoms. The molecule has 2 heterocycles. The van der Waals surface area contributed by atoms with Gasteiger partial charge in [0, 0.05) is 19.8 Å². The number of ether oxygens (including phenoxy) is 1. The van der Waals surface area contributed by atoms with E-state index >= 15 is 0 Å². The Bertz CT molecular complexity index is 523. The predicted molar refractivity (Wildman–Crippen MR) is 69.6 cm³/mol. The summed E-state index contributed by atoms with van der Waals surface area (Å²) in [5, 5.41) is 7.37. The van der Waals surface area contributed by atoms with Crippen LogP contribution < -0.4 is 10.1 Å². The summed E-state index contributed by atoms with van der Waals surface area (Å²) in [6, 6.07) is 1.90. The van der Waals surface area contributed by atoms with Gasteiger partial charge in [0.15, 0.2) is 11.6 Å². The van der Waals surface area contributed by atoms with E-state index in [-0.39, 0.29) is 0 Å². The lowest BCUT2D eigenvalue weighted by Crippen LogP contribution is -2.07. The normalized spacial score (nSPS) is 10.4. The van der Waals surface area contributed by atoms with E-state index in [1.54, 1.807) is 18.0 Å². The first-order valence-corrected chi connectivity index (χ1v) is 5.89. The van der Waals surface area contributed by atoms with Gasteiger partial charge in [0.2, 0.25) is 0 Å². The lowest BCUT2D eigenvalue weighted by atomic mass is 10.2.